The van der Waals surface area contributed by atoms with E-state index in [4.69, 9.17) is 5.11 Å². The molecule has 0 aromatic carbocycles. The van der Waals surface area contributed by atoms with Crippen molar-refractivity contribution >= 4 is 11.9 Å². The molecule has 1 amide bonds. The average Bonchev–Trinajstić information content (AvgIpc) is 2.01. The molecule has 0 aliphatic rings. The van der Waals surface area contributed by atoms with E-state index in [9.17, 15) is 9.59 Å². The van der Waals surface area contributed by atoms with E-state index in [1.165, 1.54) is 11.9 Å². The maximum Gasteiger partial charge on any atom is 0.326 e. The normalized spacial score (nSPS) is 12.3. The molecule has 0 unspecified atom stereocenters. The smallest absolute Gasteiger partial charge is 0.326 e. The number of carboxylic acid groups (broad SMARTS) is 1. The number of hydrogen-bond acceptors (Lipinski definition) is 2. The zero-order valence-corrected chi connectivity index (χ0v) is 8.15. The van der Waals surface area contributed by atoms with E-state index in [0.717, 1.165) is 6.08 Å². The van der Waals surface area contributed by atoms with Crippen molar-refractivity contribution in [2.75, 3.05) is 7.05 Å². The van der Waals surface area contributed by atoms with Crippen LogP contribution < -0.4 is 0 Å². The minimum atomic E-state index is -0.993. The first kappa shape index (κ1) is 11.7. The van der Waals surface area contributed by atoms with Crippen LogP contribution in [0.1, 0.15) is 13.8 Å². The van der Waals surface area contributed by atoms with Crippen LogP contribution in [0.3, 0.4) is 0 Å². The Morgan fingerprint density at radius 1 is 1.46 bits per heavy atom. The zero-order chi connectivity index (χ0) is 10.6. The van der Waals surface area contributed by atoms with Gasteiger partial charge in [0.15, 0.2) is 0 Å². The van der Waals surface area contributed by atoms with E-state index >= 15 is 0 Å². The van der Waals surface area contributed by atoms with Crippen LogP contribution in [0.25, 0.3) is 0 Å². The predicted octanol–water partition coefficient (Wildman–Crippen LogP) is 0.740. The summed E-state index contributed by atoms with van der Waals surface area (Å²) in [6.45, 7) is 6.81. The number of aliphatic carboxylic acids is 1. The summed E-state index contributed by atoms with van der Waals surface area (Å²) in [4.78, 5) is 23.1. The standard InChI is InChI=1S/C9H15NO3/c1-5-7(11)10(4)8(6(2)3)9(12)13/h5-6,8H,1H2,2-4H3,(H,12,13)/t8-/m0/s1. The monoisotopic (exact) mass is 185 g/mol. The summed E-state index contributed by atoms with van der Waals surface area (Å²) in [6, 6.07) is -0.787. The maximum atomic E-state index is 11.1. The molecule has 4 nitrogen and oxygen atoms in total. The number of hydrogen-bond donors (Lipinski definition) is 1. The highest BCUT2D eigenvalue weighted by atomic mass is 16.4. The Labute approximate surface area is 77.8 Å². The van der Waals surface area contributed by atoms with Crippen molar-refractivity contribution in [2.45, 2.75) is 19.9 Å². The number of rotatable bonds is 4. The lowest BCUT2D eigenvalue weighted by Crippen LogP contribution is -2.44. The summed E-state index contributed by atoms with van der Waals surface area (Å²) in [6.07, 6.45) is 1.11. The van der Waals surface area contributed by atoms with Crippen LogP contribution in [0, 0.1) is 5.92 Å². The first-order valence-electron chi connectivity index (χ1n) is 4.03. The fourth-order valence-electron chi connectivity index (χ4n) is 1.18. The van der Waals surface area contributed by atoms with E-state index in [0.29, 0.717) is 0 Å². The number of likely N-dealkylation sites (N-methyl/N-ethyl adjacent to an activating group) is 1. The highest BCUT2D eigenvalue weighted by molar-refractivity contribution is 5.90. The van der Waals surface area contributed by atoms with E-state index in [-0.39, 0.29) is 11.8 Å². The number of carbonyl (C=O) groups is 2. The lowest BCUT2D eigenvalue weighted by atomic mass is 10.0. The van der Waals surface area contributed by atoms with Gasteiger partial charge in [-0.2, -0.15) is 0 Å². The Bertz CT molecular complexity index is 223. The molecule has 0 fully saturated rings. The van der Waals surface area contributed by atoms with E-state index < -0.39 is 12.0 Å². The second-order valence-corrected chi connectivity index (χ2v) is 3.18. The van der Waals surface area contributed by atoms with Crippen molar-refractivity contribution in [2.24, 2.45) is 5.92 Å². The zero-order valence-electron chi connectivity index (χ0n) is 8.15. The van der Waals surface area contributed by atoms with Crippen molar-refractivity contribution < 1.29 is 14.7 Å². The largest absolute Gasteiger partial charge is 0.480 e. The molecule has 1 N–H and O–H groups in total. The van der Waals surface area contributed by atoms with Gasteiger partial charge in [-0.25, -0.2) is 4.79 Å². The molecule has 0 aliphatic carbocycles. The molecule has 0 bridgehead atoms. The first-order chi connectivity index (χ1) is 5.91. The van der Waals surface area contributed by atoms with Gasteiger partial charge in [-0.15, -0.1) is 0 Å². The fourth-order valence-corrected chi connectivity index (χ4v) is 1.18. The molecule has 0 saturated carbocycles. The molecular weight excluding hydrogens is 170 g/mol. The molecule has 0 heterocycles. The summed E-state index contributed by atoms with van der Waals surface area (Å²) in [5.41, 5.74) is 0. The molecule has 13 heavy (non-hydrogen) atoms. The maximum absolute atomic E-state index is 11.1. The van der Waals surface area contributed by atoms with Crippen LogP contribution in [0.15, 0.2) is 12.7 Å². The van der Waals surface area contributed by atoms with Gasteiger partial charge in [0.25, 0.3) is 0 Å². The van der Waals surface area contributed by atoms with Crippen molar-refractivity contribution in [1.82, 2.24) is 4.90 Å². The lowest BCUT2D eigenvalue weighted by molar-refractivity contribution is -0.149. The highest BCUT2D eigenvalue weighted by Gasteiger charge is 2.27. The van der Waals surface area contributed by atoms with Gasteiger partial charge in [-0.3, -0.25) is 4.79 Å². The minimum Gasteiger partial charge on any atom is -0.480 e. The van der Waals surface area contributed by atoms with Gasteiger partial charge in [0.2, 0.25) is 5.91 Å². The van der Waals surface area contributed by atoms with Crippen LogP contribution in [0.5, 0.6) is 0 Å². The van der Waals surface area contributed by atoms with Gasteiger partial charge in [0.1, 0.15) is 6.04 Å². The van der Waals surface area contributed by atoms with E-state index in [2.05, 4.69) is 6.58 Å². The highest BCUT2D eigenvalue weighted by Crippen LogP contribution is 2.09. The Morgan fingerprint density at radius 3 is 2.15 bits per heavy atom. The van der Waals surface area contributed by atoms with Gasteiger partial charge < -0.3 is 10.0 Å². The summed E-state index contributed by atoms with van der Waals surface area (Å²) in [5.74, 6) is -1.49. The molecule has 0 aliphatic heterocycles. The SMILES string of the molecule is C=CC(=O)N(C)[C@H](C(=O)O)C(C)C. The third kappa shape index (κ3) is 2.89. The third-order valence-corrected chi connectivity index (χ3v) is 1.82. The lowest BCUT2D eigenvalue weighted by Gasteiger charge is -2.26. The Kier molecular flexibility index (Phi) is 4.17. The molecule has 0 aromatic heterocycles. The molecule has 0 rings (SSSR count). The number of carbonyl (C=O) groups excluding carboxylic acids is 1. The second kappa shape index (κ2) is 4.64. The van der Waals surface area contributed by atoms with E-state index in [1.807, 2.05) is 0 Å². The topological polar surface area (TPSA) is 57.6 Å². The van der Waals surface area contributed by atoms with Crippen LogP contribution in [0.2, 0.25) is 0 Å². The molecule has 0 spiro atoms. The van der Waals surface area contributed by atoms with Crippen LogP contribution in [0.4, 0.5) is 0 Å². The van der Waals surface area contributed by atoms with Gasteiger partial charge in [0.05, 0.1) is 0 Å². The van der Waals surface area contributed by atoms with E-state index in [1.54, 1.807) is 13.8 Å². The summed E-state index contributed by atoms with van der Waals surface area (Å²) in [7, 11) is 1.46. The quantitative estimate of drug-likeness (QED) is 0.657. The number of carboxylic acids is 1. The van der Waals surface area contributed by atoms with Gasteiger partial charge in [0, 0.05) is 7.05 Å². The first-order valence-corrected chi connectivity index (χ1v) is 4.03. The predicted molar refractivity (Wildman–Crippen MR) is 49.2 cm³/mol. The second-order valence-electron chi connectivity index (χ2n) is 3.18. The summed E-state index contributed by atoms with van der Waals surface area (Å²) < 4.78 is 0. The van der Waals surface area contributed by atoms with Gasteiger partial charge >= 0.3 is 5.97 Å². The third-order valence-electron chi connectivity index (χ3n) is 1.82. The van der Waals surface area contributed by atoms with Crippen molar-refractivity contribution in [3.63, 3.8) is 0 Å². The van der Waals surface area contributed by atoms with Crippen LogP contribution >= 0.6 is 0 Å². The fraction of sp³-hybridized carbons (Fsp3) is 0.556. The summed E-state index contributed by atoms with van der Waals surface area (Å²) in [5, 5.41) is 8.83. The van der Waals surface area contributed by atoms with Crippen LogP contribution in [-0.4, -0.2) is 35.0 Å². The van der Waals surface area contributed by atoms with Crippen molar-refractivity contribution in [3.05, 3.63) is 12.7 Å². The van der Waals surface area contributed by atoms with Crippen molar-refractivity contribution in [1.29, 1.82) is 0 Å². The Morgan fingerprint density at radius 2 is 1.92 bits per heavy atom. The Hall–Kier alpha value is -1.32. The molecule has 74 valence electrons. The summed E-state index contributed by atoms with van der Waals surface area (Å²) >= 11 is 0. The number of nitrogens with zero attached hydrogens (tertiary/aromatic N) is 1. The van der Waals surface area contributed by atoms with Gasteiger partial charge in [-0.1, -0.05) is 20.4 Å². The molecular formula is C9H15NO3. The average molecular weight is 185 g/mol. The molecule has 0 aromatic rings. The number of amides is 1. The molecule has 4 heteroatoms. The van der Waals surface area contributed by atoms with Crippen molar-refractivity contribution in [3.8, 4) is 0 Å². The molecule has 0 radical (unpaired) electrons. The molecule has 0 saturated heterocycles. The van der Waals surface area contributed by atoms with Gasteiger partial charge in [-0.05, 0) is 12.0 Å². The van der Waals surface area contributed by atoms with Crippen LogP contribution in [-0.2, 0) is 9.59 Å². The Balaban J connectivity index is 4.64. The molecule has 1 atom stereocenters. The minimum absolute atomic E-state index is 0.119.